The van der Waals surface area contributed by atoms with Gasteiger partial charge in [-0.15, -0.1) is 0 Å². The lowest BCUT2D eigenvalue weighted by atomic mass is 9.80. The summed E-state index contributed by atoms with van der Waals surface area (Å²) in [6.45, 7) is 28.4. The van der Waals surface area contributed by atoms with Crippen molar-refractivity contribution in [3.63, 3.8) is 0 Å². The van der Waals surface area contributed by atoms with Crippen molar-refractivity contribution in [1.29, 1.82) is 5.41 Å². The number of para-hydroxylation sites is 1. The molecular formula is C58H65N5. The lowest BCUT2D eigenvalue weighted by molar-refractivity contribution is 0.559. The molecule has 0 bridgehead atoms. The fourth-order valence-corrected chi connectivity index (χ4v) is 8.70. The second-order valence-electron chi connectivity index (χ2n) is 15.4. The van der Waals surface area contributed by atoms with Crippen LogP contribution in [0.3, 0.4) is 0 Å². The zero-order chi connectivity index (χ0) is 45.5. The maximum Gasteiger partial charge on any atom is 0.131 e. The first kappa shape index (κ1) is 47.2. The molecule has 0 aromatic heterocycles. The predicted octanol–water partition coefficient (Wildman–Crippen LogP) is 15.2. The van der Waals surface area contributed by atoms with Crippen LogP contribution in [0.5, 0.6) is 0 Å². The van der Waals surface area contributed by atoms with E-state index in [-0.39, 0.29) is 17.7 Å². The zero-order valence-corrected chi connectivity index (χ0v) is 38.5. The third-order valence-corrected chi connectivity index (χ3v) is 11.5. The molecule has 3 N–H and O–H groups in total. The molecule has 2 atom stereocenters. The summed E-state index contributed by atoms with van der Waals surface area (Å²) in [5, 5.41) is 18.0. The number of rotatable bonds is 9. The molecule has 7 aromatic carbocycles. The molecule has 0 saturated carbocycles. The molecule has 1 heterocycles. The summed E-state index contributed by atoms with van der Waals surface area (Å²) in [5.74, 6) is 0. The minimum Gasteiger partial charge on any atom is -0.359 e. The molecule has 5 heteroatoms. The van der Waals surface area contributed by atoms with E-state index >= 15 is 0 Å². The largest absolute Gasteiger partial charge is 0.359 e. The van der Waals surface area contributed by atoms with E-state index < -0.39 is 0 Å². The van der Waals surface area contributed by atoms with E-state index in [0.29, 0.717) is 6.54 Å². The fourth-order valence-electron chi connectivity index (χ4n) is 8.70. The van der Waals surface area contributed by atoms with E-state index in [4.69, 9.17) is 5.41 Å². The van der Waals surface area contributed by atoms with Crippen molar-refractivity contribution >= 4 is 40.7 Å². The Kier molecular flexibility index (Phi) is 16.7. The SMILES string of the molecule is C=CC1=C(/C=C\C)NC(c2cc3c(c4ccccc24)-c2c(cc(C(N=C)NCc4ccccc4)c4ccccc24)C3(C)C)N1c1ccccc1.C=N.CC.CC.Cc1ccccc1. The highest BCUT2D eigenvalue weighted by Gasteiger charge is 2.41. The summed E-state index contributed by atoms with van der Waals surface area (Å²) >= 11 is 0. The molecule has 0 spiro atoms. The van der Waals surface area contributed by atoms with Gasteiger partial charge in [0.25, 0.3) is 0 Å². The number of nitrogens with one attached hydrogen (secondary N) is 3. The van der Waals surface area contributed by atoms with Crippen molar-refractivity contribution < 1.29 is 0 Å². The van der Waals surface area contributed by atoms with Gasteiger partial charge in [-0.3, -0.25) is 10.3 Å². The molecular weight excluding hydrogens is 767 g/mol. The molecule has 0 radical (unpaired) electrons. The van der Waals surface area contributed by atoms with Gasteiger partial charge in [0, 0.05) is 23.2 Å². The molecule has 1 aliphatic heterocycles. The first-order valence-electron chi connectivity index (χ1n) is 22.2. The smallest absolute Gasteiger partial charge is 0.131 e. The van der Waals surface area contributed by atoms with Gasteiger partial charge < -0.3 is 15.6 Å². The van der Waals surface area contributed by atoms with Crippen molar-refractivity contribution in [3.05, 3.63) is 221 Å². The number of nitrogens with zero attached hydrogens (tertiary/aromatic N) is 2. The number of anilines is 1. The van der Waals surface area contributed by atoms with Gasteiger partial charge >= 0.3 is 0 Å². The molecule has 2 unspecified atom stereocenters. The standard InChI is InChI=1S/C46H42N4.C7H8.2C2H6.CH3N/c1-6-18-40-41(7-2)50(31-21-12-9-13-22-31)45(49-40)37-28-39-43(35-26-17-15-24-33(35)37)42-34-25-16-14-23-32(34)36(27-38(42)46(39,3)4)44(47-5)48-29-30-19-10-8-11-20-30;1-7-5-3-2-4-6-7;3*1-2/h6-28,44-45,48-49H,2,5,29H2,1,3-4H3;2-6H,1H3;2*1-2H3;2H,1H2/b18-6-;;;;. The highest BCUT2D eigenvalue weighted by molar-refractivity contribution is 6.12. The number of allylic oxidation sites excluding steroid dienone is 3. The summed E-state index contributed by atoms with van der Waals surface area (Å²) < 4.78 is 0. The van der Waals surface area contributed by atoms with Crippen molar-refractivity contribution in [2.24, 2.45) is 4.99 Å². The highest BCUT2D eigenvalue weighted by atomic mass is 15.3. The van der Waals surface area contributed by atoms with E-state index in [2.05, 4.69) is 208 Å². The molecule has 7 aromatic rings. The monoisotopic (exact) mass is 832 g/mol. The first-order chi connectivity index (χ1) is 30.8. The average molecular weight is 832 g/mol. The van der Waals surface area contributed by atoms with Gasteiger partial charge in [0.05, 0.1) is 11.4 Å². The molecule has 1 aliphatic carbocycles. The second kappa shape index (κ2) is 22.3. The Hall–Kier alpha value is -6.82. The third kappa shape index (κ3) is 9.65. The van der Waals surface area contributed by atoms with Crippen LogP contribution in [-0.4, -0.2) is 13.4 Å². The van der Waals surface area contributed by atoms with Gasteiger partial charge in [0.15, 0.2) is 0 Å². The van der Waals surface area contributed by atoms with Gasteiger partial charge in [0.1, 0.15) is 12.3 Å². The van der Waals surface area contributed by atoms with Crippen molar-refractivity contribution in [2.45, 2.75) is 79.7 Å². The Balaban J connectivity index is 0.000000509. The Morgan fingerprint density at radius 1 is 0.714 bits per heavy atom. The van der Waals surface area contributed by atoms with Gasteiger partial charge in [-0.2, -0.15) is 0 Å². The Bertz CT molecular complexity index is 2660. The molecule has 0 fully saturated rings. The lowest BCUT2D eigenvalue weighted by Crippen LogP contribution is -2.29. The first-order valence-corrected chi connectivity index (χ1v) is 22.2. The molecule has 0 saturated heterocycles. The highest BCUT2D eigenvalue weighted by Crippen LogP contribution is 2.56. The second-order valence-corrected chi connectivity index (χ2v) is 15.4. The Labute approximate surface area is 377 Å². The van der Waals surface area contributed by atoms with Gasteiger partial charge in [-0.1, -0.05) is 193 Å². The minimum absolute atomic E-state index is 0.129. The molecule has 9 rings (SSSR count). The Morgan fingerprint density at radius 2 is 1.21 bits per heavy atom. The molecule has 322 valence electrons. The van der Waals surface area contributed by atoms with Gasteiger partial charge in [-0.05, 0) is 113 Å². The van der Waals surface area contributed by atoms with Crippen molar-refractivity contribution in [2.75, 3.05) is 4.90 Å². The summed E-state index contributed by atoms with van der Waals surface area (Å²) in [6, 6.07) is 54.0. The summed E-state index contributed by atoms with van der Waals surface area (Å²) in [7, 11) is 0. The number of aliphatic imine (C=N–C) groups is 1. The Morgan fingerprint density at radius 3 is 1.73 bits per heavy atom. The lowest BCUT2D eigenvalue weighted by Gasteiger charge is -2.31. The van der Waals surface area contributed by atoms with E-state index in [1.165, 1.54) is 60.5 Å². The number of fused-ring (bicyclic) bond motifs is 7. The number of aryl methyl sites for hydroxylation is 1. The number of hydrogen-bond donors (Lipinski definition) is 3. The zero-order valence-electron chi connectivity index (χ0n) is 38.5. The summed E-state index contributed by atoms with van der Waals surface area (Å²) in [5.41, 5.74) is 13.2. The maximum atomic E-state index is 5.50. The van der Waals surface area contributed by atoms with Crippen LogP contribution in [0.1, 0.15) is 94.2 Å². The fraction of sp³-hybridized carbons (Fsp3) is 0.207. The van der Waals surface area contributed by atoms with Crippen molar-refractivity contribution in [1.82, 2.24) is 10.6 Å². The number of benzene rings is 7. The van der Waals surface area contributed by atoms with Crippen LogP contribution in [0.2, 0.25) is 0 Å². The van der Waals surface area contributed by atoms with Crippen LogP contribution in [-0.2, 0) is 12.0 Å². The quantitative estimate of drug-likeness (QED) is 0.127. The van der Waals surface area contributed by atoms with E-state index in [0.717, 1.165) is 22.6 Å². The van der Waals surface area contributed by atoms with E-state index in [9.17, 15) is 0 Å². The summed E-state index contributed by atoms with van der Waals surface area (Å²) in [6.07, 6.45) is 5.81. The topological polar surface area (TPSA) is 63.5 Å². The van der Waals surface area contributed by atoms with Crippen molar-refractivity contribution in [3.8, 4) is 11.1 Å². The number of hydrogen-bond acceptors (Lipinski definition) is 5. The van der Waals surface area contributed by atoms with Crippen LogP contribution < -0.4 is 15.5 Å². The van der Waals surface area contributed by atoms with Crippen LogP contribution >= 0.6 is 0 Å². The van der Waals surface area contributed by atoms with Gasteiger partial charge in [-0.25, -0.2) is 0 Å². The molecule has 5 nitrogen and oxygen atoms in total. The van der Waals surface area contributed by atoms with E-state index in [1.54, 1.807) is 0 Å². The maximum absolute atomic E-state index is 5.50. The third-order valence-electron chi connectivity index (χ3n) is 11.5. The van der Waals surface area contributed by atoms with Crippen LogP contribution in [0.4, 0.5) is 5.69 Å². The van der Waals surface area contributed by atoms with Crippen LogP contribution in [0.25, 0.3) is 32.7 Å². The van der Waals surface area contributed by atoms with E-state index in [1.807, 2.05) is 58.0 Å². The normalized spacial score (nSPS) is 14.6. The molecule has 0 amide bonds. The van der Waals surface area contributed by atoms with Crippen LogP contribution in [0, 0.1) is 12.3 Å². The van der Waals surface area contributed by atoms with Crippen LogP contribution in [0.15, 0.2) is 193 Å². The minimum atomic E-state index is -0.273. The molecule has 63 heavy (non-hydrogen) atoms. The molecule has 2 aliphatic rings. The average Bonchev–Trinajstić information content (AvgIpc) is 3.82. The summed E-state index contributed by atoms with van der Waals surface area (Å²) in [4.78, 5) is 7.03. The predicted molar refractivity (Wildman–Crippen MR) is 275 cm³/mol. The van der Waals surface area contributed by atoms with Gasteiger partial charge in [0.2, 0.25) is 0 Å².